The largest absolute Gasteiger partial charge is 0.469 e. The summed E-state index contributed by atoms with van der Waals surface area (Å²) < 4.78 is 91.8. The molecule has 2 heterocycles. The van der Waals surface area contributed by atoms with Crippen molar-refractivity contribution in [3.05, 3.63) is 95.0 Å². The van der Waals surface area contributed by atoms with Crippen LogP contribution < -0.4 is 10.6 Å². The molecule has 45 heavy (non-hydrogen) atoms. The maximum absolute atomic E-state index is 14.0. The van der Waals surface area contributed by atoms with Crippen LogP contribution in [0, 0.1) is 0 Å². The molecule has 1 unspecified atom stereocenters. The van der Waals surface area contributed by atoms with Crippen molar-refractivity contribution in [2.24, 2.45) is 0 Å². The number of amides is 1. The number of anilines is 2. The van der Waals surface area contributed by atoms with E-state index in [4.69, 9.17) is 4.74 Å². The van der Waals surface area contributed by atoms with E-state index in [0.717, 1.165) is 11.8 Å². The number of methoxy groups -OCH3 is 1. The molecule has 240 valence electrons. The van der Waals surface area contributed by atoms with Gasteiger partial charge in [-0.3, -0.25) is 9.59 Å². The number of hydrogen-bond donors (Lipinski definition) is 2. The summed E-state index contributed by atoms with van der Waals surface area (Å²) in [5.41, 5.74) is -3.16. The van der Waals surface area contributed by atoms with Crippen LogP contribution in [0.2, 0.25) is 0 Å². The van der Waals surface area contributed by atoms with E-state index in [0.29, 0.717) is 31.8 Å². The first kappa shape index (κ1) is 33.4. The lowest BCUT2D eigenvalue weighted by Crippen LogP contribution is -2.35. The number of hydrogen-bond acceptors (Lipinski definition) is 8. The predicted octanol–water partition coefficient (Wildman–Crippen LogP) is 5.68. The molecule has 2 N–H and O–H groups in total. The van der Waals surface area contributed by atoms with E-state index in [1.165, 1.54) is 18.1 Å². The molecule has 15 heteroatoms. The SMILES string of the molecule is COC(=O)C/C=C/CN(Cc1ccccc1)C(=O)c1cnc(C2CNCCO2)nc1Nc1cc(C(F)(F)F)cc(C(F)(F)F)c1. The number of rotatable bonds is 10. The van der Waals surface area contributed by atoms with Crippen molar-refractivity contribution >= 4 is 23.4 Å². The third-order valence-corrected chi connectivity index (χ3v) is 6.61. The zero-order chi connectivity index (χ0) is 32.6. The highest BCUT2D eigenvalue weighted by Gasteiger charge is 2.37. The Kier molecular flexibility index (Phi) is 10.8. The number of morpholine rings is 1. The molecule has 0 saturated carbocycles. The summed E-state index contributed by atoms with van der Waals surface area (Å²) in [5, 5.41) is 5.60. The summed E-state index contributed by atoms with van der Waals surface area (Å²) in [6.45, 7) is 1.22. The normalized spacial score (nSPS) is 15.6. The number of benzene rings is 2. The first-order valence-corrected chi connectivity index (χ1v) is 13.7. The number of nitrogens with zero attached hydrogens (tertiary/aromatic N) is 3. The highest BCUT2D eigenvalue weighted by Crippen LogP contribution is 2.38. The van der Waals surface area contributed by atoms with Crippen molar-refractivity contribution in [1.82, 2.24) is 20.2 Å². The molecule has 9 nitrogen and oxygen atoms in total. The van der Waals surface area contributed by atoms with Crippen LogP contribution >= 0.6 is 0 Å². The molecule has 0 aliphatic carbocycles. The molecule has 1 atom stereocenters. The topological polar surface area (TPSA) is 106 Å². The summed E-state index contributed by atoms with van der Waals surface area (Å²) in [6.07, 6.45) is -6.69. The standard InChI is InChI=1S/C30H29F6N5O4/c1-44-25(42)9-5-6-11-41(18-19-7-3-2-4-8-19)28(43)23-16-38-27(24-17-37-10-12-45-24)40-26(23)39-22-14-20(29(31,32)33)13-21(15-22)30(34,35)36/h2-8,13-16,24,37H,9-12,17-18H2,1H3,(H,38,39,40)/b6-5+. The fraction of sp³-hybridized carbons (Fsp3) is 0.333. The molecular formula is C30H29F6N5O4. The fourth-order valence-corrected chi connectivity index (χ4v) is 4.36. The first-order chi connectivity index (χ1) is 21.3. The van der Waals surface area contributed by atoms with E-state index < -0.39 is 47.1 Å². The summed E-state index contributed by atoms with van der Waals surface area (Å²) in [6, 6.07) is 9.86. The third-order valence-electron chi connectivity index (χ3n) is 6.61. The van der Waals surface area contributed by atoms with Gasteiger partial charge in [0, 0.05) is 38.1 Å². The Morgan fingerprint density at radius 3 is 2.36 bits per heavy atom. The minimum atomic E-state index is -5.09. The van der Waals surface area contributed by atoms with Gasteiger partial charge < -0.3 is 25.0 Å². The third kappa shape index (κ3) is 9.25. The molecular weight excluding hydrogens is 608 g/mol. The van der Waals surface area contributed by atoms with Gasteiger partial charge in [0.25, 0.3) is 5.91 Å². The van der Waals surface area contributed by atoms with Gasteiger partial charge in [0.1, 0.15) is 17.5 Å². The Bertz CT molecular complexity index is 1480. The molecule has 4 rings (SSSR count). The predicted molar refractivity (Wildman–Crippen MR) is 150 cm³/mol. The minimum Gasteiger partial charge on any atom is -0.469 e. The second-order valence-electron chi connectivity index (χ2n) is 9.90. The average molecular weight is 638 g/mol. The number of carbonyl (C=O) groups excluding carboxylic acids is 2. The molecule has 0 spiro atoms. The summed E-state index contributed by atoms with van der Waals surface area (Å²) >= 11 is 0. The average Bonchev–Trinajstić information content (AvgIpc) is 3.02. The lowest BCUT2D eigenvalue weighted by Gasteiger charge is -2.25. The van der Waals surface area contributed by atoms with Crippen LogP contribution in [0.3, 0.4) is 0 Å². The van der Waals surface area contributed by atoms with Gasteiger partial charge in [-0.1, -0.05) is 42.5 Å². The van der Waals surface area contributed by atoms with Crippen LogP contribution in [0.25, 0.3) is 0 Å². The monoisotopic (exact) mass is 637 g/mol. The Balaban J connectivity index is 1.76. The van der Waals surface area contributed by atoms with Crippen molar-refractivity contribution in [1.29, 1.82) is 0 Å². The van der Waals surface area contributed by atoms with E-state index in [9.17, 15) is 35.9 Å². The molecule has 0 bridgehead atoms. The van der Waals surface area contributed by atoms with Gasteiger partial charge in [-0.25, -0.2) is 9.97 Å². The van der Waals surface area contributed by atoms with Crippen molar-refractivity contribution in [3.63, 3.8) is 0 Å². The quantitative estimate of drug-likeness (QED) is 0.166. The van der Waals surface area contributed by atoms with Gasteiger partial charge in [0.2, 0.25) is 0 Å². The highest BCUT2D eigenvalue weighted by atomic mass is 19.4. The van der Waals surface area contributed by atoms with Crippen molar-refractivity contribution in [2.75, 3.05) is 38.7 Å². The fourth-order valence-electron chi connectivity index (χ4n) is 4.36. The van der Waals surface area contributed by atoms with Crippen LogP contribution in [-0.4, -0.2) is 60.1 Å². The van der Waals surface area contributed by atoms with E-state index in [-0.39, 0.29) is 42.8 Å². The van der Waals surface area contributed by atoms with E-state index in [1.54, 1.807) is 36.4 Å². The first-order valence-electron chi connectivity index (χ1n) is 13.7. The number of aromatic nitrogens is 2. The second kappa shape index (κ2) is 14.5. The summed E-state index contributed by atoms with van der Waals surface area (Å²) in [7, 11) is 1.23. The van der Waals surface area contributed by atoms with Crippen molar-refractivity contribution in [3.8, 4) is 0 Å². The number of halogens is 6. The zero-order valence-corrected chi connectivity index (χ0v) is 23.9. The van der Waals surface area contributed by atoms with Crippen molar-refractivity contribution < 1.29 is 45.4 Å². The number of ether oxygens (including phenoxy) is 2. The van der Waals surface area contributed by atoms with Gasteiger partial charge in [0.15, 0.2) is 5.82 Å². The lowest BCUT2D eigenvalue weighted by atomic mass is 10.1. The summed E-state index contributed by atoms with van der Waals surface area (Å²) in [5.74, 6) is -1.43. The van der Waals surface area contributed by atoms with Crippen LogP contribution in [0.5, 0.6) is 0 Å². The number of alkyl halides is 6. The van der Waals surface area contributed by atoms with Gasteiger partial charge in [0.05, 0.1) is 31.3 Å². The molecule has 2 aromatic carbocycles. The molecule has 1 amide bonds. The van der Waals surface area contributed by atoms with Crippen LogP contribution in [-0.2, 0) is 33.2 Å². The molecule has 1 aliphatic rings. The van der Waals surface area contributed by atoms with Gasteiger partial charge in [-0.2, -0.15) is 26.3 Å². The van der Waals surface area contributed by atoms with Crippen molar-refractivity contribution in [2.45, 2.75) is 31.4 Å². The molecule has 1 saturated heterocycles. The molecule has 1 fully saturated rings. The van der Waals surface area contributed by atoms with Crippen LogP contribution in [0.15, 0.2) is 66.9 Å². The number of nitrogens with one attached hydrogen (secondary N) is 2. The Labute approximate surface area is 254 Å². The Hall–Kier alpha value is -4.50. The van der Waals surface area contributed by atoms with E-state index in [2.05, 4.69) is 25.3 Å². The minimum absolute atomic E-state index is 0.00639. The lowest BCUT2D eigenvalue weighted by molar-refractivity contribution is -0.143. The Morgan fingerprint density at radius 2 is 1.76 bits per heavy atom. The van der Waals surface area contributed by atoms with Crippen LogP contribution in [0.1, 0.15) is 45.4 Å². The van der Waals surface area contributed by atoms with Gasteiger partial charge in [-0.15, -0.1) is 0 Å². The second-order valence-corrected chi connectivity index (χ2v) is 9.90. The maximum atomic E-state index is 14.0. The molecule has 1 aromatic heterocycles. The van der Waals surface area contributed by atoms with Gasteiger partial charge >= 0.3 is 18.3 Å². The molecule has 3 aromatic rings. The number of esters is 1. The van der Waals surface area contributed by atoms with Gasteiger partial charge in [-0.05, 0) is 23.8 Å². The van der Waals surface area contributed by atoms with E-state index in [1.807, 2.05) is 0 Å². The maximum Gasteiger partial charge on any atom is 0.416 e. The number of carbonyl (C=O) groups is 2. The Morgan fingerprint density at radius 1 is 1.07 bits per heavy atom. The smallest absolute Gasteiger partial charge is 0.416 e. The van der Waals surface area contributed by atoms with E-state index >= 15 is 0 Å². The van der Waals surface area contributed by atoms with Crippen LogP contribution in [0.4, 0.5) is 37.8 Å². The highest BCUT2D eigenvalue weighted by molar-refractivity contribution is 5.99. The molecule has 0 radical (unpaired) electrons. The zero-order valence-electron chi connectivity index (χ0n) is 23.9. The molecule has 1 aliphatic heterocycles. The summed E-state index contributed by atoms with van der Waals surface area (Å²) in [4.78, 5) is 35.4.